The van der Waals surface area contributed by atoms with Gasteiger partial charge in [-0.2, -0.15) is 8.78 Å². The van der Waals surface area contributed by atoms with E-state index in [9.17, 15) is 13.6 Å². The fourth-order valence-corrected chi connectivity index (χ4v) is 2.51. The summed E-state index contributed by atoms with van der Waals surface area (Å²) in [5.41, 5.74) is 1.78. The van der Waals surface area contributed by atoms with E-state index in [2.05, 4.69) is 9.73 Å². The molecule has 26 heavy (non-hydrogen) atoms. The number of cyclic esters (lactones) is 1. The number of ether oxygens (including phenoxy) is 3. The number of benzene rings is 2. The van der Waals surface area contributed by atoms with Crippen LogP contribution in [0.2, 0.25) is 0 Å². The maximum atomic E-state index is 12.7. The number of carbonyl (C=O) groups is 1. The number of aliphatic imine (C=N–C) groups is 1. The maximum Gasteiger partial charge on any atom is 0.387 e. The van der Waals surface area contributed by atoms with Crippen LogP contribution in [0, 0.1) is 6.92 Å². The molecule has 0 amide bonds. The van der Waals surface area contributed by atoms with Gasteiger partial charge in [-0.15, -0.1) is 0 Å². The summed E-state index contributed by atoms with van der Waals surface area (Å²) in [4.78, 5) is 16.3. The Bertz CT molecular complexity index is 906. The molecule has 1 aliphatic heterocycles. The maximum absolute atomic E-state index is 12.7. The second kappa shape index (κ2) is 7.35. The average Bonchev–Trinajstić information content (AvgIpc) is 2.97. The topological polar surface area (TPSA) is 57.1 Å². The molecule has 2 aromatic rings. The van der Waals surface area contributed by atoms with Crippen LogP contribution in [-0.4, -0.2) is 25.6 Å². The van der Waals surface area contributed by atoms with E-state index in [1.54, 1.807) is 18.2 Å². The Hall–Kier alpha value is -3.22. The lowest BCUT2D eigenvalue weighted by atomic mass is 10.1. The van der Waals surface area contributed by atoms with E-state index < -0.39 is 12.6 Å². The van der Waals surface area contributed by atoms with Gasteiger partial charge in [0.2, 0.25) is 5.90 Å². The molecule has 0 fully saturated rings. The van der Waals surface area contributed by atoms with E-state index in [-0.39, 0.29) is 28.7 Å². The molecule has 3 rings (SSSR count). The Morgan fingerprint density at radius 1 is 1.15 bits per heavy atom. The van der Waals surface area contributed by atoms with Crippen molar-refractivity contribution in [3.63, 3.8) is 0 Å². The minimum atomic E-state index is -3.04. The molecule has 0 aliphatic carbocycles. The number of alkyl halides is 2. The predicted molar refractivity (Wildman–Crippen MR) is 91.4 cm³/mol. The molecule has 0 N–H and O–H groups in total. The van der Waals surface area contributed by atoms with Crippen LogP contribution in [-0.2, 0) is 9.53 Å². The molecular formula is C19H15F2NO4. The molecule has 0 aromatic heterocycles. The van der Waals surface area contributed by atoms with Crippen molar-refractivity contribution in [2.45, 2.75) is 13.5 Å². The van der Waals surface area contributed by atoms with Gasteiger partial charge < -0.3 is 14.2 Å². The minimum absolute atomic E-state index is 0.0179. The van der Waals surface area contributed by atoms with Crippen LogP contribution in [0.5, 0.6) is 11.5 Å². The largest absolute Gasteiger partial charge is 0.493 e. The van der Waals surface area contributed by atoms with Crippen molar-refractivity contribution in [2.24, 2.45) is 4.99 Å². The Labute approximate surface area is 148 Å². The van der Waals surface area contributed by atoms with Crippen LogP contribution in [0.15, 0.2) is 53.2 Å². The number of para-hydroxylation sites is 1. The number of esters is 1. The first-order chi connectivity index (χ1) is 12.5. The van der Waals surface area contributed by atoms with Gasteiger partial charge in [0.05, 0.1) is 7.11 Å². The van der Waals surface area contributed by atoms with E-state index in [1.807, 2.05) is 19.1 Å². The average molecular weight is 359 g/mol. The Kier molecular flexibility index (Phi) is 4.97. The molecule has 2 aromatic carbocycles. The number of carbonyl (C=O) groups excluding carboxylic acids is 1. The van der Waals surface area contributed by atoms with Crippen LogP contribution in [0.1, 0.15) is 16.7 Å². The van der Waals surface area contributed by atoms with Crippen molar-refractivity contribution in [3.8, 4) is 11.5 Å². The Balaban J connectivity index is 2.02. The summed E-state index contributed by atoms with van der Waals surface area (Å²) in [7, 11) is 1.34. The molecule has 0 radical (unpaired) electrons. The smallest absolute Gasteiger partial charge is 0.387 e. The number of hydrogen-bond donors (Lipinski definition) is 0. The first kappa shape index (κ1) is 17.6. The van der Waals surface area contributed by atoms with Crippen molar-refractivity contribution < 1.29 is 27.8 Å². The standard InChI is InChI=1S/C19H15F2NO4/c1-11-6-3-4-8-13(11)17-22-14(18(23)26-17)10-12-7-5-9-15(24-2)16(12)25-19(20)21/h3-10,19H,1-2H3/b14-10-. The molecule has 7 heteroatoms. The summed E-state index contributed by atoms with van der Waals surface area (Å²) >= 11 is 0. The number of hydrogen-bond acceptors (Lipinski definition) is 5. The zero-order chi connectivity index (χ0) is 18.7. The van der Waals surface area contributed by atoms with Crippen molar-refractivity contribution in [1.82, 2.24) is 0 Å². The van der Waals surface area contributed by atoms with E-state index in [0.29, 0.717) is 5.56 Å². The highest BCUT2D eigenvalue weighted by Crippen LogP contribution is 2.34. The molecule has 0 saturated carbocycles. The fraction of sp³-hybridized carbons (Fsp3) is 0.158. The van der Waals surface area contributed by atoms with Crippen LogP contribution in [0.25, 0.3) is 6.08 Å². The SMILES string of the molecule is COc1cccc(/C=C2\N=C(c3ccccc3C)OC2=O)c1OC(F)F. The van der Waals surface area contributed by atoms with Crippen molar-refractivity contribution >= 4 is 17.9 Å². The molecule has 0 atom stereocenters. The molecule has 0 spiro atoms. The van der Waals surface area contributed by atoms with Gasteiger partial charge in [-0.25, -0.2) is 9.79 Å². The molecule has 0 saturated heterocycles. The van der Waals surface area contributed by atoms with Crippen LogP contribution in [0.3, 0.4) is 0 Å². The van der Waals surface area contributed by atoms with Crippen LogP contribution < -0.4 is 9.47 Å². The van der Waals surface area contributed by atoms with Gasteiger partial charge in [0, 0.05) is 11.1 Å². The molecular weight excluding hydrogens is 344 g/mol. The summed E-state index contributed by atoms with van der Waals surface area (Å²) in [5.74, 6) is -0.563. The molecule has 5 nitrogen and oxygen atoms in total. The summed E-state index contributed by atoms with van der Waals surface area (Å²) in [6, 6.07) is 11.9. The van der Waals surface area contributed by atoms with Gasteiger partial charge in [-0.05, 0) is 30.7 Å². The van der Waals surface area contributed by atoms with E-state index in [0.717, 1.165) is 5.56 Å². The summed E-state index contributed by atoms with van der Waals surface area (Å²) < 4.78 is 40.2. The molecule has 0 unspecified atom stereocenters. The van der Waals surface area contributed by atoms with Gasteiger partial charge in [0.15, 0.2) is 17.2 Å². The number of rotatable bonds is 5. The minimum Gasteiger partial charge on any atom is -0.493 e. The number of nitrogens with zero attached hydrogens (tertiary/aromatic N) is 1. The van der Waals surface area contributed by atoms with Gasteiger partial charge >= 0.3 is 12.6 Å². The normalized spacial score (nSPS) is 15.2. The summed E-state index contributed by atoms with van der Waals surface area (Å²) in [6.07, 6.45) is 1.33. The third-order valence-corrected chi connectivity index (χ3v) is 3.72. The van der Waals surface area contributed by atoms with Crippen LogP contribution in [0.4, 0.5) is 8.78 Å². The van der Waals surface area contributed by atoms with E-state index in [1.165, 1.54) is 25.3 Å². The Morgan fingerprint density at radius 2 is 1.92 bits per heavy atom. The molecule has 1 aliphatic rings. The highest BCUT2D eigenvalue weighted by Gasteiger charge is 2.26. The van der Waals surface area contributed by atoms with Gasteiger partial charge in [-0.1, -0.05) is 30.3 Å². The van der Waals surface area contributed by atoms with E-state index in [4.69, 9.17) is 9.47 Å². The predicted octanol–water partition coefficient (Wildman–Crippen LogP) is 3.95. The molecule has 1 heterocycles. The highest BCUT2D eigenvalue weighted by molar-refractivity contribution is 6.13. The van der Waals surface area contributed by atoms with E-state index >= 15 is 0 Å². The number of halogens is 2. The quantitative estimate of drug-likeness (QED) is 0.599. The van der Waals surface area contributed by atoms with Gasteiger partial charge in [-0.3, -0.25) is 0 Å². The zero-order valence-electron chi connectivity index (χ0n) is 14.0. The van der Waals surface area contributed by atoms with Crippen molar-refractivity contribution in [2.75, 3.05) is 7.11 Å². The lowest BCUT2D eigenvalue weighted by Crippen LogP contribution is -2.07. The first-order valence-corrected chi connectivity index (χ1v) is 7.70. The summed E-state index contributed by atoms with van der Waals surface area (Å²) in [6.45, 7) is -1.17. The first-order valence-electron chi connectivity index (χ1n) is 7.70. The Morgan fingerprint density at radius 3 is 2.62 bits per heavy atom. The second-order valence-corrected chi connectivity index (χ2v) is 5.41. The third kappa shape index (κ3) is 3.56. The number of methoxy groups -OCH3 is 1. The van der Waals surface area contributed by atoms with Crippen LogP contribution >= 0.6 is 0 Å². The lowest BCUT2D eigenvalue weighted by molar-refractivity contribution is -0.129. The molecule has 134 valence electrons. The van der Waals surface area contributed by atoms with Gasteiger partial charge in [0.1, 0.15) is 0 Å². The zero-order valence-corrected chi connectivity index (χ0v) is 14.0. The van der Waals surface area contributed by atoms with Gasteiger partial charge in [0.25, 0.3) is 0 Å². The number of aryl methyl sites for hydroxylation is 1. The monoisotopic (exact) mass is 359 g/mol. The second-order valence-electron chi connectivity index (χ2n) is 5.41. The highest BCUT2D eigenvalue weighted by atomic mass is 19.3. The van der Waals surface area contributed by atoms with Crippen molar-refractivity contribution in [3.05, 3.63) is 64.9 Å². The molecule has 0 bridgehead atoms. The fourth-order valence-electron chi connectivity index (χ4n) is 2.51. The third-order valence-electron chi connectivity index (χ3n) is 3.72. The van der Waals surface area contributed by atoms with Crippen molar-refractivity contribution in [1.29, 1.82) is 0 Å². The summed E-state index contributed by atoms with van der Waals surface area (Å²) in [5, 5.41) is 0. The lowest BCUT2D eigenvalue weighted by Gasteiger charge is -2.12.